The third-order valence-electron chi connectivity index (χ3n) is 4.87. The average molecular weight is 372 g/mol. The van der Waals surface area contributed by atoms with Gasteiger partial charge in [0.15, 0.2) is 5.96 Å². The van der Waals surface area contributed by atoms with Gasteiger partial charge in [-0.3, -0.25) is 4.99 Å². The molecule has 1 aliphatic rings. The highest BCUT2D eigenvalue weighted by Gasteiger charge is 2.14. The van der Waals surface area contributed by atoms with Crippen molar-refractivity contribution < 1.29 is 4.39 Å². The molecule has 2 heterocycles. The molecule has 0 aliphatic carbocycles. The predicted octanol–water partition coefficient (Wildman–Crippen LogP) is 2.48. The lowest BCUT2D eigenvalue weighted by atomic mass is 10.1. The summed E-state index contributed by atoms with van der Waals surface area (Å²) in [5.41, 5.74) is 0.977. The average Bonchev–Trinajstić information content (AvgIpc) is 2.90. The fraction of sp³-hybridized carbons (Fsp3) is 0.550. The molecule has 1 aromatic heterocycles. The van der Waals surface area contributed by atoms with E-state index in [1.807, 2.05) is 6.07 Å². The molecule has 6 nitrogen and oxygen atoms in total. The summed E-state index contributed by atoms with van der Waals surface area (Å²) in [6.07, 6.45) is 7.41. The predicted molar refractivity (Wildman–Crippen MR) is 105 cm³/mol. The number of hydrogen-bond acceptors (Lipinski definition) is 3. The molecule has 0 spiro atoms. The smallest absolute Gasteiger partial charge is 0.190 e. The molecule has 0 fully saturated rings. The largest absolute Gasteiger partial charge is 0.356 e. The van der Waals surface area contributed by atoms with Gasteiger partial charge in [0.25, 0.3) is 0 Å². The van der Waals surface area contributed by atoms with Gasteiger partial charge >= 0.3 is 0 Å². The van der Waals surface area contributed by atoms with Crippen LogP contribution >= 0.6 is 0 Å². The van der Waals surface area contributed by atoms with Crippen molar-refractivity contribution in [2.75, 3.05) is 20.1 Å². The number of benzene rings is 1. The van der Waals surface area contributed by atoms with Gasteiger partial charge in [-0.25, -0.2) is 4.39 Å². The van der Waals surface area contributed by atoms with E-state index in [2.05, 4.69) is 30.4 Å². The molecular formula is C20H29FN6. The second kappa shape index (κ2) is 10.0. The highest BCUT2D eigenvalue weighted by atomic mass is 19.1. The van der Waals surface area contributed by atoms with Gasteiger partial charge in [0.05, 0.1) is 0 Å². The maximum absolute atomic E-state index is 13.2. The number of halogens is 1. The SMILES string of the molecule is CN=C(NCCCc1nnc2n1CCCCC2)NCCc1cccc(F)c1. The quantitative estimate of drug-likeness (QED) is 0.445. The van der Waals surface area contributed by atoms with Gasteiger partial charge in [-0.1, -0.05) is 18.6 Å². The summed E-state index contributed by atoms with van der Waals surface area (Å²) < 4.78 is 15.5. The van der Waals surface area contributed by atoms with E-state index in [0.717, 1.165) is 61.9 Å². The third kappa shape index (κ3) is 5.77. The molecule has 0 bridgehead atoms. The molecule has 146 valence electrons. The number of nitrogens with one attached hydrogen (secondary N) is 2. The van der Waals surface area contributed by atoms with Crippen LogP contribution in [0.15, 0.2) is 29.3 Å². The number of aliphatic imine (C=N–C) groups is 1. The summed E-state index contributed by atoms with van der Waals surface area (Å²) in [7, 11) is 1.76. The molecule has 2 aromatic rings. The molecule has 27 heavy (non-hydrogen) atoms. The minimum absolute atomic E-state index is 0.193. The van der Waals surface area contributed by atoms with Crippen molar-refractivity contribution in [2.24, 2.45) is 4.99 Å². The van der Waals surface area contributed by atoms with E-state index in [0.29, 0.717) is 6.54 Å². The molecule has 0 saturated heterocycles. The first-order valence-electron chi connectivity index (χ1n) is 9.86. The first-order chi connectivity index (χ1) is 13.3. The summed E-state index contributed by atoms with van der Waals surface area (Å²) >= 11 is 0. The molecule has 1 aliphatic heterocycles. The number of aryl methyl sites for hydroxylation is 2. The number of nitrogens with zero attached hydrogens (tertiary/aromatic N) is 4. The molecular weight excluding hydrogens is 343 g/mol. The molecule has 0 atom stereocenters. The van der Waals surface area contributed by atoms with E-state index in [1.54, 1.807) is 19.2 Å². The van der Waals surface area contributed by atoms with Crippen LogP contribution in [0.5, 0.6) is 0 Å². The molecule has 0 amide bonds. The van der Waals surface area contributed by atoms with Crippen molar-refractivity contribution >= 4 is 5.96 Å². The fourth-order valence-electron chi connectivity index (χ4n) is 3.42. The summed E-state index contributed by atoms with van der Waals surface area (Å²) in [4.78, 5) is 4.24. The summed E-state index contributed by atoms with van der Waals surface area (Å²) in [5, 5.41) is 15.3. The van der Waals surface area contributed by atoms with Crippen LogP contribution < -0.4 is 10.6 Å². The lowest BCUT2D eigenvalue weighted by Crippen LogP contribution is -2.38. The Hall–Kier alpha value is -2.44. The fourth-order valence-corrected chi connectivity index (χ4v) is 3.42. The normalized spacial score (nSPS) is 14.5. The van der Waals surface area contributed by atoms with E-state index >= 15 is 0 Å². The number of hydrogen-bond donors (Lipinski definition) is 2. The van der Waals surface area contributed by atoms with E-state index < -0.39 is 0 Å². The van der Waals surface area contributed by atoms with Crippen LogP contribution in [-0.4, -0.2) is 40.9 Å². The van der Waals surface area contributed by atoms with Crippen molar-refractivity contribution in [2.45, 2.75) is 51.5 Å². The van der Waals surface area contributed by atoms with E-state index in [4.69, 9.17) is 0 Å². The van der Waals surface area contributed by atoms with Gasteiger partial charge in [0.1, 0.15) is 17.5 Å². The third-order valence-corrected chi connectivity index (χ3v) is 4.87. The van der Waals surface area contributed by atoms with Gasteiger partial charge in [0, 0.05) is 39.5 Å². The topological polar surface area (TPSA) is 67.1 Å². The van der Waals surface area contributed by atoms with Crippen molar-refractivity contribution in [3.05, 3.63) is 47.3 Å². The highest BCUT2D eigenvalue weighted by Crippen LogP contribution is 2.15. The van der Waals surface area contributed by atoms with Gasteiger partial charge in [-0.15, -0.1) is 10.2 Å². The number of aromatic nitrogens is 3. The van der Waals surface area contributed by atoms with E-state index in [9.17, 15) is 4.39 Å². The first kappa shape index (κ1) is 19.3. The molecule has 2 N–H and O–H groups in total. The van der Waals surface area contributed by atoms with Crippen LogP contribution in [0.3, 0.4) is 0 Å². The minimum Gasteiger partial charge on any atom is -0.356 e. The zero-order valence-corrected chi connectivity index (χ0v) is 16.0. The van der Waals surface area contributed by atoms with E-state index in [1.165, 1.54) is 25.3 Å². The number of fused-ring (bicyclic) bond motifs is 1. The molecule has 0 unspecified atom stereocenters. The number of guanidine groups is 1. The Balaban J connectivity index is 1.37. The van der Waals surface area contributed by atoms with Crippen LogP contribution in [0.1, 0.15) is 42.9 Å². The van der Waals surface area contributed by atoms with Crippen LogP contribution in [-0.2, 0) is 25.8 Å². The second-order valence-corrected chi connectivity index (χ2v) is 6.90. The summed E-state index contributed by atoms with van der Waals surface area (Å²) in [5.74, 6) is 2.82. The Morgan fingerprint density at radius 2 is 2.04 bits per heavy atom. The summed E-state index contributed by atoms with van der Waals surface area (Å²) in [6, 6.07) is 6.70. The van der Waals surface area contributed by atoms with Crippen LogP contribution in [0.4, 0.5) is 4.39 Å². The standard InChI is InChI=1S/C20H29FN6/c1-22-20(24-13-11-16-7-5-8-17(21)15-16)23-12-6-10-19-26-25-18-9-3-2-4-14-27(18)19/h5,7-8,15H,2-4,6,9-14H2,1H3,(H2,22,23,24). The maximum atomic E-state index is 13.2. The Labute approximate surface area is 160 Å². The molecule has 7 heteroatoms. The highest BCUT2D eigenvalue weighted by molar-refractivity contribution is 5.79. The molecule has 0 radical (unpaired) electrons. The second-order valence-electron chi connectivity index (χ2n) is 6.90. The van der Waals surface area contributed by atoms with Gasteiger partial charge in [0.2, 0.25) is 0 Å². The molecule has 0 saturated carbocycles. The van der Waals surface area contributed by atoms with Gasteiger partial charge in [-0.2, -0.15) is 0 Å². The van der Waals surface area contributed by atoms with Crippen LogP contribution in [0.2, 0.25) is 0 Å². The van der Waals surface area contributed by atoms with E-state index in [-0.39, 0.29) is 5.82 Å². The minimum atomic E-state index is -0.193. The lowest BCUT2D eigenvalue weighted by molar-refractivity contribution is 0.594. The van der Waals surface area contributed by atoms with Crippen LogP contribution in [0.25, 0.3) is 0 Å². The Morgan fingerprint density at radius 3 is 2.89 bits per heavy atom. The zero-order valence-electron chi connectivity index (χ0n) is 16.0. The van der Waals surface area contributed by atoms with Gasteiger partial charge < -0.3 is 15.2 Å². The van der Waals surface area contributed by atoms with Crippen molar-refractivity contribution in [1.82, 2.24) is 25.4 Å². The lowest BCUT2D eigenvalue weighted by Gasteiger charge is -2.12. The molecule has 3 rings (SSSR count). The number of rotatable bonds is 7. The summed E-state index contributed by atoms with van der Waals surface area (Å²) in [6.45, 7) is 2.58. The Kier molecular flexibility index (Phi) is 7.19. The van der Waals surface area contributed by atoms with Crippen molar-refractivity contribution in [3.63, 3.8) is 0 Å². The first-order valence-corrected chi connectivity index (χ1v) is 9.86. The monoisotopic (exact) mass is 372 g/mol. The van der Waals surface area contributed by atoms with Crippen molar-refractivity contribution in [1.29, 1.82) is 0 Å². The molecule has 1 aromatic carbocycles. The maximum Gasteiger partial charge on any atom is 0.190 e. The van der Waals surface area contributed by atoms with Gasteiger partial charge in [-0.05, 0) is 43.4 Å². The Bertz CT molecular complexity index is 755. The van der Waals surface area contributed by atoms with Crippen LogP contribution in [0, 0.1) is 5.82 Å². The zero-order chi connectivity index (χ0) is 18.9. The Morgan fingerprint density at radius 1 is 1.15 bits per heavy atom. The van der Waals surface area contributed by atoms with Crippen molar-refractivity contribution in [3.8, 4) is 0 Å².